The molecule has 0 unspecified atom stereocenters. The predicted octanol–water partition coefficient (Wildman–Crippen LogP) is 2.86. The van der Waals surface area contributed by atoms with Gasteiger partial charge in [0.1, 0.15) is 12.4 Å². The van der Waals surface area contributed by atoms with E-state index >= 15 is 0 Å². The summed E-state index contributed by atoms with van der Waals surface area (Å²) >= 11 is 0. The number of benzene rings is 2. The first-order chi connectivity index (χ1) is 12.8. The maximum atomic E-state index is 13.5. The molecule has 0 aliphatic carbocycles. The maximum Gasteiger partial charge on any atom is 0.262 e. The molecule has 144 valence electrons. The van der Waals surface area contributed by atoms with Crippen LogP contribution in [0.25, 0.3) is 0 Å². The number of methoxy groups -OCH3 is 1. The number of carbonyl (C=O) groups is 1. The van der Waals surface area contributed by atoms with E-state index in [0.29, 0.717) is 17.8 Å². The number of ether oxygens (including phenoxy) is 1. The molecule has 0 bridgehead atoms. The summed E-state index contributed by atoms with van der Waals surface area (Å²) in [5.74, 6) is -0.749. The molecule has 2 aromatic carbocycles. The highest BCUT2D eigenvalue weighted by atomic mass is 32.2. The zero-order chi connectivity index (χ0) is 19.6. The zero-order valence-corrected chi connectivity index (χ0v) is 16.0. The smallest absolute Gasteiger partial charge is 0.262 e. The number of nitrogens with one attached hydrogen (secondary N) is 1. The van der Waals surface area contributed by atoms with Crippen LogP contribution in [0.4, 0.5) is 15.8 Å². The lowest BCUT2D eigenvalue weighted by Crippen LogP contribution is -2.37. The predicted molar refractivity (Wildman–Crippen MR) is 101 cm³/mol. The number of halogens is 1. The Morgan fingerprint density at radius 1 is 1.26 bits per heavy atom. The van der Waals surface area contributed by atoms with E-state index in [9.17, 15) is 17.6 Å². The number of sulfonamides is 1. The first-order valence-electron chi connectivity index (χ1n) is 8.53. The van der Waals surface area contributed by atoms with E-state index in [0.717, 1.165) is 30.2 Å². The molecule has 0 atom stereocenters. The molecule has 8 heteroatoms. The Hall–Kier alpha value is -2.45. The quantitative estimate of drug-likeness (QED) is 0.849. The summed E-state index contributed by atoms with van der Waals surface area (Å²) in [4.78, 5) is 13.7. The maximum absolute atomic E-state index is 13.5. The molecule has 1 aliphatic heterocycles. The average Bonchev–Trinajstić information content (AvgIpc) is 2.62. The van der Waals surface area contributed by atoms with Crippen molar-refractivity contribution < 1.29 is 22.3 Å². The van der Waals surface area contributed by atoms with Crippen molar-refractivity contribution in [1.29, 1.82) is 0 Å². The number of nitrogens with zero attached hydrogens (tertiary/aromatic N) is 1. The van der Waals surface area contributed by atoms with Gasteiger partial charge in [-0.05, 0) is 61.2 Å². The summed E-state index contributed by atoms with van der Waals surface area (Å²) in [6.07, 6.45) is 1.52. The minimum Gasteiger partial charge on any atom is -0.375 e. The van der Waals surface area contributed by atoms with E-state index in [4.69, 9.17) is 4.74 Å². The van der Waals surface area contributed by atoms with Gasteiger partial charge < -0.3 is 9.64 Å². The van der Waals surface area contributed by atoms with Gasteiger partial charge in [0.25, 0.3) is 15.9 Å². The number of hydrogen-bond donors (Lipinski definition) is 1. The molecule has 0 spiro atoms. The molecule has 6 nitrogen and oxygen atoms in total. The number of rotatable bonds is 5. The fraction of sp³-hybridized carbons (Fsp3) is 0.316. The van der Waals surface area contributed by atoms with Crippen LogP contribution < -0.4 is 9.62 Å². The van der Waals surface area contributed by atoms with E-state index in [2.05, 4.69) is 4.72 Å². The first kappa shape index (κ1) is 19.3. The fourth-order valence-electron chi connectivity index (χ4n) is 3.19. The van der Waals surface area contributed by atoms with Crippen molar-refractivity contribution in [2.24, 2.45) is 0 Å². The Balaban J connectivity index is 1.89. The van der Waals surface area contributed by atoms with Crippen molar-refractivity contribution in [2.75, 3.05) is 29.9 Å². The molecule has 2 aromatic rings. The lowest BCUT2D eigenvalue weighted by molar-refractivity contribution is -0.122. The number of aryl methyl sites for hydroxylation is 2. The van der Waals surface area contributed by atoms with Crippen LogP contribution in [0.5, 0.6) is 0 Å². The van der Waals surface area contributed by atoms with Gasteiger partial charge >= 0.3 is 0 Å². The van der Waals surface area contributed by atoms with E-state index in [1.165, 1.54) is 19.2 Å². The molecule has 27 heavy (non-hydrogen) atoms. The Morgan fingerprint density at radius 2 is 2.04 bits per heavy atom. The lowest BCUT2D eigenvalue weighted by atomic mass is 10.0. The molecule has 1 N–H and O–H groups in total. The highest BCUT2D eigenvalue weighted by Crippen LogP contribution is 2.31. The van der Waals surface area contributed by atoms with Gasteiger partial charge in [-0.2, -0.15) is 0 Å². The Bertz CT molecular complexity index is 976. The lowest BCUT2D eigenvalue weighted by Gasteiger charge is -2.29. The summed E-state index contributed by atoms with van der Waals surface area (Å²) in [6.45, 7) is 2.20. The van der Waals surface area contributed by atoms with Gasteiger partial charge in [-0.25, -0.2) is 12.8 Å². The molecule has 0 aromatic heterocycles. The molecule has 0 radical (unpaired) electrons. The van der Waals surface area contributed by atoms with Crippen molar-refractivity contribution in [3.63, 3.8) is 0 Å². The molecule has 0 saturated carbocycles. The van der Waals surface area contributed by atoms with E-state index in [1.807, 2.05) is 0 Å². The molecule has 3 rings (SSSR count). The molecular weight excluding hydrogens is 371 g/mol. The van der Waals surface area contributed by atoms with Crippen LogP contribution in [0.3, 0.4) is 0 Å². The van der Waals surface area contributed by atoms with Gasteiger partial charge in [-0.1, -0.05) is 6.07 Å². The number of fused-ring (bicyclic) bond motifs is 1. The van der Waals surface area contributed by atoms with Crippen LogP contribution in [0, 0.1) is 12.7 Å². The first-order valence-corrected chi connectivity index (χ1v) is 10.0. The van der Waals surface area contributed by atoms with Crippen LogP contribution in [0.15, 0.2) is 41.3 Å². The topological polar surface area (TPSA) is 75.7 Å². The average molecular weight is 392 g/mol. The standard InChI is InChI=1S/C19H21FN2O4S/c1-13-5-6-15(20)11-18(13)27(24,25)21-16-7-8-17-14(10-16)4-3-9-22(17)19(23)12-26-2/h5-8,10-11,21H,3-4,9,12H2,1-2H3. The van der Waals surface area contributed by atoms with Crippen LogP contribution in [-0.4, -0.2) is 34.6 Å². The van der Waals surface area contributed by atoms with Crippen LogP contribution in [-0.2, 0) is 26.0 Å². The van der Waals surface area contributed by atoms with Crippen LogP contribution in [0.2, 0.25) is 0 Å². The number of hydrogen-bond acceptors (Lipinski definition) is 4. The normalized spacial score (nSPS) is 14.0. The van der Waals surface area contributed by atoms with Gasteiger partial charge in [-0.3, -0.25) is 9.52 Å². The third-order valence-electron chi connectivity index (χ3n) is 4.46. The second-order valence-corrected chi connectivity index (χ2v) is 8.09. The van der Waals surface area contributed by atoms with E-state index in [1.54, 1.807) is 30.0 Å². The number of carbonyl (C=O) groups excluding carboxylic acids is 1. The molecule has 1 heterocycles. The minimum atomic E-state index is -3.92. The molecule has 1 amide bonds. The molecule has 0 fully saturated rings. The Morgan fingerprint density at radius 3 is 2.78 bits per heavy atom. The summed E-state index contributed by atoms with van der Waals surface area (Å²) < 4.78 is 46.2. The van der Waals surface area contributed by atoms with Gasteiger partial charge in [0.2, 0.25) is 0 Å². The van der Waals surface area contributed by atoms with Crippen molar-refractivity contribution in [1.82, 2.24) is 0 Å². The summed E-state index contributed by atoms with van der Waals surface area (Å²) in [6, 6.07) is 8.69. The number of anilines is 2. The Kier molecular flexibility index (Phi) is 5.48. The second-order valence-electron chi connectivity index (χ2n) is 6.44. The van der Waals surface area contributed by atoms with Crippen molar-refractivity contribution >= 4 is 27.3 Å². The minimum absolute atomic E-state index is 0.00727. The largest absolute Gasteiger partial charge is 0.375 e. The molecular formula is C19H21FN2O4S. The fourth-order valence-corrected chi connectivity index (χ4v) is 4.50. The molecule has 1 aliphatic rings. The van der Waals surface area contributed by atoms with Crippen molar-refractivity contribution in [3.8, 4) is 0 Å². The zero-order valence-electron chi connectivity index (χ0n) is 15.2. The summed E-state index contributed by atoms with van der Waals surface area (Å²) in [7, 11) is -2.45. The second kappa shape index (κ2) is 7.66. The highest BCUT2D eigenvalue weighted by Gasteiger charge is 2.24. The van der Waals surface area contributed by atoms with Crippen LogP contribution in [0.1, 0.15) is 17.5 Å². The summed E-state index contributed by atoms with van der Waals surface area (Å²) in [5, 5.41) is 0. The van der Waals surface area contributed by atoms with Gasteiger partial charge in [0.15, 0.2) is 0 Å². The third kappa shape index (κ3) is 4.12. The van der Waals surface area contributed by atoms with Gasteiger partial charge in [-0.15, -0.1) is 0 Å². The highest BCUT2D eigenvalue weighted by molar-refractivity contribution is 7.92. The SMILES string of the molecule is COCC(=O)N1CCCc2cc(NS(=O)(=O)c3cc(F)ccc3C)ccc21. The Labute approximate surface area is 158 Å². The summed E-state index contributed by atoms with van der Waals surface area (Å²) in [5.41, 5.74) is 2.46. The van der Waals surface area contributed by atoms with Crippen LogP contribution >= 0.6 is 0 Å². The van der Waals surface area contributed by atoms with E-state index < -0.39 is 15.8 Å². The van der Waals surface area contributed by atoms with Gasteiger partial charge in [0, 0.05) is 25.0 Å². The van der Waals surface area contributed by atoms with Gasteiger partial charge in [0.05, 0.1) is 4.90 Å². The van der Waals surface area contributed by atoms with Crippen molar-refractivity contribution in [3.05, 3.63) is 53.3 Å². The van der Waals surface area contributed by atoms with Crippen molar-refractivity contribution in [2.45, 2.75) is 24.7 Å². The third-order valence-corrected chi connectivity index (χ3v) is 5.98. The van der Waals surface area contributed by atoms with E-state index in [-0.39, 0.29) is 17.4 Å². The number of amides is 1. The monoisotopic (exact) mass is 392 g/mol. The molecule has 0 saturated heterocycles.